The third-order valence-corrected chi connectivity index (χ3v) is 4.81. The Kier molecular flexibility index (Phi) is 6.06. The molecule has 6 heteroatoms. The van der Waals surface area contributed by atoms with Gasteiger partial charge in [-0.1, -0.05) is 26.7 Å². The molecule has 0 aromatic heterocycles. The zero-order valence-corrected chi connectivity index (χ0v) is 14.4. The predicted octanol–water partition coefficient (Wildman–Crippen LogP) is 2.50. The maximum absolute atomic E-state index is 12.0. The zero-order valence-electron chi connectivity index (χ0n) is 14.4. The van der Waals surface area contributed by atoms with Crippen LogP contribution in [-0.2, 0) is 9.53 Å². The van der Waals surface area contributed by atoms with Crippen LogP contribution in [-0.4, -0.2) is 36.7 Å². The number of phenolic OH excluding ortho intramolecular Hbond substituents is 1. The summed E-state index contributed by atoms with van der Waals surface area (Å²) in [6.45, 7) is 3.96. The molecule has 2 rings (SSSR count). The van der Waals surface area contributed by atoms with Crippen LogP contribution in [0.2, 0.25) is 0 Å². The molecule has 6 nitrogen and oxygen atoms in total. The summed E-state index contributed by atoms with van der Waals surface area (Å²) in [5.41, 5.74) is -0.0261. The summed E-state index contributed by atoms with van der Waals surface area (Å²) in [7, 11) is 1.46. The monoisotopic (exact) mass is 335 g/mol. The standard InChI is InChI=1S/C18H25NO5/c1-11-5-4-6-15(12(11)2)19-17(21)10-24-18(22)14-9-13(23-3)7-8-16(14)20/h7-9,11-12,15,20H,4-6,10H2,1-3H3,(H,19,21)/t11-,12-,15-/m1/s1. The Morgan fingerprint density at radius 1 is 1.29 bits per heavy atom. The van der Waals surface area contributed by atoms with Gasteiger partial charge in [0.1, 0.15) is 17.1 Å². The van der Waals surface area contributed by atoms with Gasteiger partial charge in [0.05, 0.1) is 7.11 Å². The molecule has 2 N–H and O–H groups in total. The van der Waals surface area contributed by atoms with Crippen LogP contribution in [0.1, 0.15) is 43.5 Å². The number of methoxy groups -OCH3 is 1. The van der Waals surface area contributed by atoms with Crippen LogP contribution in [0, 0.1) is 11.8 Å². The van der Waals surface area contributed by atoms with Crippen molar-refractivity contribution in [2.45, 2.75) is 39.2 Å². The fraction of sp³-hybridized carbons (Fsp3) is 0.556. The van der Waals surface area contributed by atoms with E-state index in [1.807, 2.05) is 0 Å². The molecule has 1 aliphatic carbocycles. The van der Waals surface area contributed by atoms with Crippen LogP contribution >= 0.6 is 0 Å². The van der Waals surface area contributed by atoms with Crippen LogP contribution in [0.4, 0.5) is 0 Å². The number of rotatable bonds is 5. The van der Waals surface area contributed by atoms with Gasteiger partial charge in [-0.3, -0.25) is 4.79 Å². The second-order valence-corrected chi connectivity index (χ2v) is 6.40. The molecule has 1 amide bonds. The van der Waals surface area contributed by atoms with Gasteiger partial charge in [-0.2, -0.15) is 0 Å². The fourth-order valence-corrected chi connectivity index (χ4v) is 3.05. The van der Waals surface area contributed by atoms with E-state index in [-0.39, 0.29) is 29.9 Å². The molecular weight excluding hydrogens is 310 g/mol. The number of esters is 1. The van der Waals surface area contributed by atoms with Gasteiger partial charge in [-0.15, -0.1) is 0 Å². The summed E-state index contributed by atoms with van der Waals surface area (Å²) >= 11 is 0. The minimum atomic E-state index is -0.758. The fourth-order valence-electron chi connectivity index (χ4n) is 3.05. The van der Waals surface area contributed by atoms with Crippen molar-refractivity contribution in [2.24, 2.45) is 11.8 Å². The van der Waals surface area contributed by atoms with Gasteiger partial charge in [0.25, 0.3) is 5.91 Å². The lowest BCUT2D eigenvalue weighted by atomic mass is 9.78. The predicted molar refractivity (Wildman–Crippen MR) is 89.1 cm³/mol. The molecule has 0 heterocycles. The first-order valence-electron chi connectivity index (χ1n) is 8.26. The number of nitrogens with one attached hydrogen (secondary N) is 1. The summed E-state index contributed by atoms with van der Waals surface area (Å²) in [5.74, 6) is 0.106. The van der Waals surface area contributed by atoms with Gasteiger partial charge >= 0.3 is 5.97 Å². The van der Waals surface area contributed by atoms with Crippen molar-refractivity contribution in [2.75, 3.05) is 13.7 Å². The van der Waals surface area contributed by atoms with E-state index in [1.165, 1.54) is 31.7 Å². The summed E-state index contributed by atoms with van der Waals surface area (Å²) in [4.78, 5) is 24.1. The molecule has 0 radical (unpaired) electrons. The molecule has 0 aliphatic heterocycles. The Hall–Kier alpha value is -2.24. The number of hydrogen-bond donors (Lipinski definition) is 2. The molecule has 0 saturated heterocycles. The van der Waals surface area contributed by atoms with Crippen LogP contribution in [0.3, 0.4) is 0 Å². The number of amides is 1. The highest BCUT2D eigenvalue weighted by molar-refractivity contribution is 5.94. The quantitative estimate of drug-likeness (QED) is 0.808. The first-order chi connectivity index (χ1) is 11.4. The first-order valence-corrected chi connectivity index (χ1v) is 8.26. The third-order valence-electron chi connectivity index (χ3n) is 4.81. The highest BCUT2D eigenvalue weighted by Gasteiger charge is 2.28. The Morgan fingerprint density at radius 2 is 2.04 bits per heavy atom. The van der Waals surface area contributed by atoms with Gasteiger partial charge in [-0.25, -0.2) is 4.79 Å². The van der Waals surface area contributed by atoms with E-state index in [9.17, 15) is 14.7 Å². The summed E-state index contributed by atoms with van der Waals surface area (Å²) in [6.07, 6.45) is 3.22. The second kappa shape index (κ2) is 8.04. The maximum Gasteiger partial charge on any atom is 0.342 e. The van der Waals surface area contributed by atoms with Crippen LogP contribution in [0.15, 0.2) is 18.2 Å². The molecule has 0 spiro atoms. The van der Waals surface area contributed by atoms with E-state index >= 15 is 0 Å². The Morgan fingerprint density at radius 3 is 2.75 bits per heavy atom. The molecule has 1 aromatic carbocycles. The van der Waals surface area contributed by atoms with Gasteiger partial charge in [0.2, 0.25) is 0 Å². The summed E-state index contributed by atoms with van der Waals surface area (Å²) in [6, 6.07) is 4.37. The summed E-state index contributed by atoms with van der Waals surface area (Å²) in [5, 5.41) is 12.7. The molecule has 0 unspecified atom stereocenters. The summed E-state index contributed by atoms with van der Waals surface area (Å²) < 4.78 is 10.0. The lowest BCUT2D eigenvalue weighted by Gasteiger charge is -2.34. The number of carbonyl (C=O) groups excluding carboxylic acids is 2. The second-order valence-electron chi connectivity index (χ2n) is 6.40. The van der Waals surface area contributed by atoms with Crippen molar-refractivity contribution in [3.05, 3.63) is 23.8 Å². The first kappa shape index (κ1) is 18.1. The number of benzene rings is 1. The Balaban J connectivity index is 1.88. The molecule has 1 saturated carbocycles. The number of carbonyl (C=O) groups is 2. The lowest BCUT2D eigenvalue weighted by molar-refractivity contribution is -0.125. The largest absolute Gasteiger partial charge is 0.507 e. The van der Waals surface area contributed by atoms with E-state index in [0.29, 0.717) is 17.6 Å². The van der Waals surface area contributed by atoms with E-state index < -0.39 is 5.97 Å². The van der Waals surface area contributed by atoms with E-state index in [0.717, 1.165) is 12.8 Å². The van der Waals surface area contributed by atoms with E-state index in [1.54, 1.807) is 0 Å². The Labute approximate surface area is 142 Å². The van der Waals surface area contributed by atoms with Crippen LogP contribution in [0.5, 0.6) is 11.5 Å². The topological polar surface area (TPSA) is 84.9 Å². The molecule has 1 aliphatic rings. The van der Waals surface area contributed by atoms with Crippen molar-refractivity contribution in [3.63, 3.8) is 0 Å². The zero-order chi connectivity index (χ0) is 17.7. The Bertz CT molecular complexity index is 601. The van der Waals surface area contributed by atoms with Crippen molar-refractivity contribution in [3.8, 4) is 11.5 Å². The highest BCUT2D eigenvalue weighted by Crippen LogP contribution is 2.29. The van der Waals surface area contributed by atoms with Gasteiger partial charge in [-0.05, 0) is 36.5 Å². The van der Waals surface area contributed by atoms with Gasteiger partial charge in [0.15, 0.2) is 6.61 Å². The molecule has 132 valence electrons. The van der Waals surface area contributed by atoms with E-state index in [4.69, 9.17) is 9.47 Å². The SMILES string of the molecule is COc1ccc(O)c(C(=O)OCC(=O)N[C@@H]2CCC[C@@H](C)[C@H]2C)c1. The molecule has 1 fully saturated rings. The number of hydrogen-bond acceptors (Lipinski definition) is 5. The third kappa shape index (κ3) is 4.40. The number of ether oxygens (including phenoxy) is 2. The van der Waals surface area contributed by atoms with Crippen LogP contribution in [0.25, 0.3) is 0 Å². The lowest BCUT2D eigenvalue weighted by Crippen LogP contribution is -2.45. The smallest absolute Gasteiger partial charge is 0.342 e. The van der Waals surface area contributed by atoms with Gasteiger partial charge in [0, 0.05) is 6.04 Å². The van der Waals surface area contributed by atoms with E-state index in [2.05, 4.69) is 19.2 Å². The minimum absolute atomic E-state index is 0.0261. The molecule has 0 bridgehead atoms. The minimum Gasteiger partial charge on any atom is -0.507 e. The van der Waals surface area contributed by atoms with Crippen molar-refractivity contribution >= 4 is 11.9 Å². The molecule has 3 atom stereocenters. The highest BCUT2D eigenvalue weighted by atomic mass is 16.5. The molecule has 24 heavy (non-hydrogen) atoms. The van der Waals surface area contributed by atoms with Crippen molar-refractivity contribution < 1.29 is 24.2 Å². The van der Waals surface area contributed by atoms with Gasteiger partial charge < -0.3 is 19.9 Å². The molecule has 1 aromatic rings. The maximum atomic E-state index is 12.0. The number of phenols is 1. The average Bonchev–Trinajstić information content (AvgIpc) is 2.57. The van der Waals surface area contributed by atoms with Crippen LogP contribution < -0.4 is 10.1 Å². The normalized spacial score (nSPS) is 23.4. The average molecular weight is 335 g/mol. The molecular formula is C18H25NO5. The van der Waals surface area contributed by atoms with Crippen molar-refractivity contribution in [1.29, 1.82) is 0 Å². The van der Waals surface area contributed by atoms with Crippen molar-refractivity contribution in [1.82, 2.24) is 5.32 Å². The number of aromatic hydroxyl groups is 1.